The van der Waals surface area contributed by atoms with Gasteiger partial charge in [0.2, 0.25) is 5.91 Å². The highest BCUT2D eigenvalue weighted by molar-refractivity contribution is 7.09. The number of aromatic nitrogens is 1. The minimum atomic E-state index is -0.462. The first kappa shape index (κ1) is 15.1. The Hall–Kier alpha value is -1.34. The number of amides is 2. The lowest BCUT2D eigenvalue weighted by molar-refractivity contribution is -0.129. The number of hydrogen-bond acceptors (Lipinski definition) is 5. The molecule has 1 atom stereocenters. The van der Waals surface area contributed by atoms with Crippen LogP contribution in [-0.4, -0.2) is 48.1 Å². The summed E-state index contributed by atoms with van der Waals surface area (Å²) in [6.45, 7) is 1.16. The van der Waals surface area contributed by atoms with Crippen LogP contribution in [0.15, 0.2) is 5.38 Å². The van der Waals surface area contributed by atoms with Crippen LogP contribution in [0.25, 0.3) is 0 Å². The largest absolute Gasteiger partial charge is 0.453 e. The Morgan fingerprint density at radius 3 is 3.10 bits per heavy atom. The lowest BCUT2D eigenvalue weighted by Gasteiger charge is -2.16. The average molecular weight is 318 g/mol. The molecule has 8 heteroatoms. The monoisotopic (exact) mass is 317 g/mol. The molecule has 20 heavy (non-hydrogen) atoms. The molecule has 1 aliphatic heterocycles. The number of carbonyl (C=O) groups excluding carboxylic acids is 2. The van der Waals surface area contributed by atoms with Crippen LogP contribution in [0.2, 0.25) is 0 Å². The summed E-state index contributed by atoms with van der Waals surface area (Å²) in [7, 11) is 1.32. The second kappa shape index (κ2) is 6.90. The summed E-state index contributed by atoms with van der Waals surface area (Å²) < 4.78 is 4.54. The third-order valence-electron chi connectivity index (χ3n) is 3.09. The first-order valence-electron chi connectivity index (χ1n) is 6.24. The number of rotatable bonds is 4. The Bertz CT molecular complexity index is 494. The number of likely N-dealkylation sites (tertiary alicyclic amines) is 1. The fourth-order valence-electron chi connectivity index (χ4n) is 2.06. The van der Waals surface area contributed by atoms with Crippen molar-refractivity contribution >= 4 is 34.9 Å². The van der Waals surface area contributed by atoms with Gasteiger partial charge in [-0.25, -0.2) is 9.78 Å². The molecule has 1 fully saturated rings. The predicted molar refractivity (Wildman–Crippen MR) is 75.9 cm³/mol. The highest BCUT2D eigenvalue weighted by Gasteiger charge is 2.27. The minimum Gasteiger partial charge on any atom is -0.453 e. The molecular formula is C12H16ClN3O3S. The lowest BCUT2D eigenvalue weighted by atomic mass is 10.3. The topological polar surface area (TPSA) is 71.5 Å². The second-order valence-electron chi connectivity index (χ2n) is 4.50. The quantitative estimate of drug-likeness (QED) is 0.852. The highest BCUT2D eigenvalue weighted by Crippen LogP contribution is 2.15. The van der Waals surface area contributed by atoms with Crippen LogP contribution in [0.5, 0.6) is 0 Å². The molecule has 0 aliphatic carbocycles. The van der Waals surface area contributed by atoms with Gasteiger partial charge in [0.15, 0.2) is 0 Å². The van der Waals surface area contributed by atoms with Crippen molar-refractivity contribution in [3.63, 3.8) is 0 Å². The Labute approximate surface area is 126 Å². The summed E-state index contributed by atoms with van der Waals surface area (Å²) in [5.41, 5.74) is 0.797. The fourth-order valence-corrected chi connectivity index (χ4v) is 3.08. The number of nitrogens with zero attached hydrogens (tertiary/aromatic N) is 2. The molecule has 0 aromatic carbocycles. The van der Waals surface area contributed by atoms with E-state index in [4.69, 9.17) is 11.6 Å². The Morgan fingerprint density at radius 2 is 2.45 bits per heavy atom. The van der Waals surface area contributed by atoms with Crippen LogP contribution in [0.3, 0.4) is 0 Å². The van der Waals surface area contributed by atoms with Gasteiger partial charge in [-0.1, -0.05) is 0 Å². The standard InChI is InChI=1S/C12H16ClN3O3S/c1-19-12(18)15-8-2-3-16(6-8)11(17)4-10-14-9(5-13)7-20-10/h7-8H,2-6H2,1H3,(H,15,18). The van der Waals surface area contributed by atoms with Crippen LogP contribution >= 0.6 is 22.9 Å². The molecule has 1 N–H and O–H groups in total. The molecule has 2 amide bonds. The maximum Gasteiger partial charge on any atom is 0.407 e. The number of nitrogens with one attached hydrogen (secondary N) is 1. The van der Waals surface area contributed by atoms with E-state index in [1.165, 1.54) is 18.4 Å². The number of methoxy groups -OCH3 is 1. The van der Waals surface area contributed by atoms with Crippen LogP contribution in [-0.2, 0) is 21.8 Å². The van der Waals surface area contributed by atoms with Crippen molar-refractivity contribution in [3.05, 3.63) is 16.1 Å². The molecule has 2 heterocycles. The van der Waals surface area contributed by atoms with Crippen LogP contribution in [0.1, 0.15) is 17.1 Å². The fraction of sp³-hybridized carbons (Fsp3) is 0.583. The number of thiazole rings is 1. The Morgan fingerprint density at radius 1 is 1.65 bits per heavy atom. The van der Waals surface area contributed by atoms with Crippen molar-refractivity contribution in [3.8, 4) is 0 Å². The van der Waals surface area contributed by atoms with E-state index < -0.39 is 6.09 Å². The van der Waals surface area contributed by atoms with Gasteiger partial charge in [0.25, 0.3) is 0 Å². The van der Waals surface area contributed by atoms with Crippen molar-refractivity contribution in [2.24, 2.45) is 0 Å². The summed E-state index contributed by atoms with van der Waals surface area (Å²) in [5.74, 6) is 0.383. The summed E-state index contributed by atoms with van der Waals surface area (Å²) in [5, 5.41) is 5.34. The van der Waals surface area contributed by atoms with E-state index in [1.54, 1.807) is 4.90 Å². The van der Waals surface area contributed by atoms with Crippen LogP contribution in [0, 0.1) is 0 Å². The molecule has 1 aromatic heterocycles. The summed E-state index contributed by atoms with van der Waals surface area (Å²) in [4.78, 5) is 29.3. The predicted octanol–water partition coefficient (Wildman–Crippen LogP) is 1.38. The van der Waals surface area contributed by atoms with Crippen LogP contribution in [0.4, 0.5) is 4.79 Å². The van der Waals surface area contributed by atoms with Gasteiger partial charge in [-0.05, 0) is 6.42 Å². The number of alkyl carbamates (subject to hydrolysis) is 1. The van der Waals surface area contributed by atoms with Crippen molar-refractivity contribution in [1.29, 1.82) is 0 Å². The number of ether oxygens (including phenoxy) is 1. The third-order valence-corrected chi connectivity index (χ3v) is 4.26. The van der Waals surface area contributed by atoms with Crippen LogP contribution < -0.4 is 5.32 Å². The number of alkyl halides is 1. The van der Waals surface area contributed by atoms with E-state index in [1.807, 2.05) is 5.38 Å². The molecule has 2 rings (SSSR count). The van der Waals surface area contributed by atoms with Gasteiger partial charge in [0, 0.05) is 18.5 Å². The van der Waals surface area contributed by atoms with Gasteiger partial charge >= 0.3 is 6.09 Å². The summed E-state index contributed by atoms with van der Waals surface area (Å²) >= 11 is 7.13. The maximum absolute atomic E-state index is 12.1. The van der Waals surface area contributed by atoms with Crippen molar-refractivity contribution in [1.82, 2.24) is 15.2 Å². The van der Waals surface area contributed by atoms with Crippen molar-refractivity contribution in [2.45, 2.75) is 24.8 Å². The molecule has 1 saturated heterocycles. The van der Waals surface area contributed by atoms with Gasteiger partial charge < -0.3 is 15.0 Å². The molecule has 1 aromatic rings. The van der Waals surface area contributed by atoms with Gasteiger partial charge in [-0.2, -0.15) is 0 Å². The van der Waals surface area contributed by atoms with E-state index in [9.17, 15) is 9.59 Å². The Kier molecular flexibility index (Phi) is 5.19. The zero-order chi connectivity index (χ0) is 14.5. The number of carbonyl (C=O) groups is 2. The third kappa shape index (κ3) is 3.83. The first-order chi connectivity index (χ1) is 9.62. The SMILES string of the molecule is COC(=O)NC1CCN(C(=O)Cc2nc(CCl)cs2)C1. The molecule has 0 spiro atoms. The summed E-state index contributed by atoms with van der Waals surface area (Å²) in [6, 6.07) is -0.0407. The summed E-state index contributed by atoms with van der Waals surface area (Å²) in [6.07, 6.45) is 0.564. The van der Waals surface area contributed by atoms with E-state index in [-0.39, 0.29) is 18.4 Å². The van der Waals surface area contributed by atoms with E-state index >= 15 is 0 Å². The smallest absolute Gasteiger partial charge is 0.407 e. The molecule has 6 nitrogen and oxygen atoms in total. The van der Waals surface area contributed by atoms with Crippen molar-refractivity contribution in [2.75, 3.05) is 20.2 Å². The van der Waals surface area contributed by atoms with E-state index in [0.717, 1.165) is 17.1 Å². The molecule has 110 valence electrons. The number of halogens is 1. The second-order valence-corrected chi connectivity index (χ2v) is 5.71. The molecular weight excluding hydrogens is 302 g/mol. The van der Waals surface area contributed by atoms with Gasteiger partial charge in [0.05, 0.1) is 31.1 Å². The minimum absolute atomic E-state index is 0.0228. The molecule has 0 saturated carbocycles. The first-order valence-corrected chi connectivity index (χ1v) is 7.65. The molecule has 0 bridgehead atoms. The van der Waals surface area contributed by atoms with E-state index in [2.05, 4.69) is 15.0 Å². The average Bonchev–Trinajstić information content (AvgIpc) is 3.07. The Balaban J connectivity index is 1.83. The normalized spacial score (nSPS) is 18.1. The lowest BCUT2D eigenvalue weighted by Crippen LogP contribution is -2.38. The van der Waals surface area contributed by atoms with E-state index in [0.29, 0.717) is 19.0 Å². The van der Waals surface area contributed by atoms with Gasteiger partial charge in [-0.3, -0.25) is 4.79 Å². The highest BCUT2D eigenvalue weighted by atomic mass is 35.5. The molecule has 0 radical (unpaired) electrons. The van der Waals surface area contributed by atoms with Gasteiger partial charge in [0.1, 0.15) is 5.01 Å². The number of hydrogen-bond donors (Lipinski definition) is 1. The maximum atomic E-state index is 12.1. The van der Waals surface area contributed by atoms with Crippen molar-refractivity contribution < 1.29 is 14.3 Å². The van der Waals surface area contributed by atoms with Gasteiger partial charge in [-0.15, -0.1) is 22.9 Å². The molecule has 1 aliphatic rings. The molecule has 1 unspecified atom stereocenters. The zero-order valence-electron chi connectivity index (χ0n) is 11.1. The zero-order valence-corrected chi connectivity index (χ0v) is 12.7.